The molecule has 0 heterocycles. The largest absolute Gasteiger partial charge is 0.490 e. The standard InChI is InChI=1S/C17H15BrO2/c1-11-5-6-13(10-16(11)18)17(19)12-3-2-4-15(9-12)20-14-7-8-14/h2-6,9-10,14H,7-8H2,1H3. The minimum absolute atomic E-state index is 0.0203. The fourth-order valence-corrected chi connectivity index (χ4v) is 2.37. The van der Waals surface area contributed by atoms with Crippen molar-refractivity contribution in [3.05, 3.63) is 63.6 Å². The fraction of sp³-hybridized carbons (Fsp3) is 0.235. The van der Waals surface area contributed by atoms with Crippen LogP contribution >= 0.6 is 15.9 Å². The molecule has 0 unspecified atom stereocenters. The minimum atomic E-state index is 0.0203. The molecule has 0 saturated heterocycles. The third-order valence-electron chi connectivity index (χ3n) is 3.36. The van der Waals surface area contributed by atoms with Gasteiger partial charge in [-0.15, -0.1) is 0 Å². The molecule has 1 aliphatic rings. The van der Waals surface area contributed by atoms with Crippen LogP contribution in [0.1, 0.15) is 34.3 Å². The van der Waals surface area contributed by atoms with Gasteiger partial charge < -0.3 is 4.74 Å². The average molecular weight is 331 g/mol. The molecule has 0 N–H and O–H groups in total. The average Bonchev–Trinajstić information content (AvgIpc) is 3.25. The number of halogens is 1. The molecular formula is C17H15BrO2. The van der Waals surface area contributed by atoms with Gasteiger partial charge in [-0.25, -0.2) is 0 Å². The fourth-order valence-electron chi connectivity index (χ4n) is 1.99. The summed E-state index contributed by atoms with van der Waals surface area (Å²) in [7, 11) is 0. The number of aryl methyl sites for hydroxylation is 1. The Hall–Kier alpha value is -1.61. The molecule has 1 aliphatic carbocycles. The molecule has 0 spiro atoms. The van der Waals surface area contributed by atoms with Crippen LogP contribution in [0.2, 0.25) is 0 Å². The summed E-state index contributed by atoms with van der Waals surface area (Å²) in [5, 5.41) is 0. The van der Waals surface area contributed by atoms with Crippen molar-refractivity contribution in [2.45, 2.75) is 25.9 Å². The van der Waals surface area contributed by atoms with E-state index in [0.29, 0.717) is 17.2 Å². The van der Waals surface area contributed by atoms with Crippen LogP contribution in [-0.4, -0.2) is 11.9 Å². The van der Waals surface area contributed by atoms with Crippen molar-refractivity contribution in [2.24, 2.45) is 0 Å². The highest BCUT2D eigenvalue weighted by Gasteiger charge is 2.23. The Morgan fingerprint density at radius 2 is 1.90 bits per heavy atom. The van der Waals surface area contributed by atoms with Gasteiger partial charge in [0.15, 0.2) is 5.78 Å². The second-order valence-corrected chi connectivity index (χ2v) is 5.99. The third-order valence-corrected chi connectivity index (χ3v) is 4.21. The van der Waals surface area contributed by atoms with Gasteiger partial charge in [-0.2, -0.15) is 0 Å². The van der Waals surface area contributed by atoms with E-state index in [0.717, 1.165) is 28.6 Å². The quantitative estimate of drug-likeness (QED) is 0.770. The van der Waals surface area contributed by atoms with Gasteiger partial charge in [-0.05, 0) is 43.5 Å². The first kappa shape index (κ1) is 13.4. The van der Waals surface area contributed by atoms with Gasteiger partial charge >= 0.3 is 0 Å². The molecule has 3 rings (SSSR count). The minimum Gasteiger partial charge on any atom is -0.490 e. The molecule has 0 aliphatic heterocycles. The second kappa shape index (κ2) is 5.41. The number of ketones is 1. The van der Waals surface area contributed by atoms with Crippen LogP contribution in [0.3, 0.4) is 0 Å². The molecule has 20 heavy (non-hydrogen) atoms. The van der Waals surface area contributed by atoms with Crippen LogP contribution in [0.15, 0.2) is 46.9 Å². The molecule has 2 nitrogen and oxygen atoms in total. The summed E-state index contributed by atoms with van der Waals surface area (Å²) >= 11 is 3.47. The molecule has 0 aromatic heterocycles. The molecular weight excluding hydrogens is 316 g/mol. The SMILES string of the molecule is Cc1ccc(C(=O)c2cccc(OC3CC3)c2)cc1Br. The smallest absolute Gasteiger partial charge is 0.193 e. The van der Waals surface area contributed by atoms with E-state index in [9.17, 15) is 4.79 Å². The Balaban J connectivity index is 1.86. The number of ether oxygens (including phenoxy) is 1. The summed E-state index contributed by atoms with van der Waals surface area (Å²) < 4.78 is 6.69. The number of hydrogen-bond acceptors (Lipinski definition) is 2. The molecule has 0 amide bonds. The van der Waals surface area contributed by atoms with Gasteiger partial charge in [-0.3, -0.25) is 4.79 Å². The summed E-state index contributed by atoms with van der Waals surface area (Å²) in [6, 6.07) is 13.1. The highest BCUT2D eigenvalue weighted by molar-refractivity contribution is 9.10. The van der Waals surface area contributed by atoms with Crippen molar-refractivity contribution in [3.63, 3.8) is 0 Å². The third kappa shape index (κ3) is 2.93. The molecule has 0 radical (unpaired) electrons. The first-order chi connectivity index (χ1) is 9.63. The van der Waals surface area contributed by atoms with E-state index in [4.69, 9.17) is 4.74 Å². The number of carbonyl (C=O) groups excluding carboxylic acids is 1. The summed E-state index contributed by atoms with van der Waals surface area (Å²) in [5.74, 6) is 0.802. The van der Waals surface area contributed by atoms with E-state index in [1.54, 1.807) is 0 Å². The normalized spacial score (nSPS) is 14.1. The maximum absolute atomic E-state index is 12.5. The van der Waals surface area contributed by atoms with E-state index in [2.05, 4.69) is 15.9 Å². The summed E-state index contributed by atoms with van der Waals surface area (Å²) in [4.78, 5) is 12.5. The molecule has 2 aromatic carbocycles. The van der Waals surface area contributed by atoms with Gasteiger partial charge in [0.05, 0.1) is 6.10 Å². The molecule has 102 valence electrons. The van der Waals surface area contributed by atoms with Crippen LogP contribution in [0.25, 0.3) is 0 Å². The van der Waals surface area contributed by atoms with Crippen molar-refractivity contribution in [1.82, 2.24) is 0 Å². The Morgan fingerprint density at radius 1 is 1.15 bits per heavy atom. The van der Waals surface area contributed by atoms with E-state index in [-0.39, 0.29) is 5.78 Å². The summed E-state index contributed by atoms with van der Waals surface area (Å²) in [6.45, 7) is 2.00. The monoisotopic (exact) mass is 330 g/mol. The molecule has 3 heteroatoms. The van der Waals surface area contributed by atoms with Crippen LogP contribution in [0.4, 0.5) is 0 Å². The Labute approximate surface area is 126 Å². The first-order valence-electron chi connectivity index (χ1n) is 6.71. The zero-order chi connectivity index (χ0) is 14.1. The lowest BCUT2D eigenvalue weighted by Gasteiger charge is -2.07. The van der Waals surface area contributed by atoms with Gasteiger partial charge in [0.1, 0.15) is 5.75 Å². The zero-order valence-corrected chi connectivity index (χ0v) is 12.8. The molecule has 2 aromatic rings. The number of carbonyl (C=O) groups is 1. The van der Waals surface area contributed by atoms with Crippen molar-refractivity contribution >= 4 is 21.7 Å². The van der Waals surface area contributed by atoms with Crippen LogP contribution in [0.5, 0.6) is 5.75 Å². The summed E-state index contributed by atoms with van der Waals surface area (Å²) in [6.07, 6.45) is 2.57. The molecule has 0 bridgehead atoms. The Bertz CT molecular complexity index is 660. The zero-order valence-electron chi connectivity index (χ0n) is 11.2. The predicted octanol–water partition coefficient (Wildman–Crippen LogP) is 4.53. The van der Waals surface area contributed by atoms with Gasteiger partial charge in [0.2, 0.25) is 0 Å². The highest BCUT2D eigenvalue weighted by Crippen LogP contribution is 2.28. The van der Waals surface area contributed by atoms with Gasteiger partial charge in [0.25, 0.3) is 0 Å². The molecule has 0 atom stereocenters. The second-order valence-electron chi connectivity index (χ2n) is 5.14. The van der Waals surface area contributed by atoms with Crippen LogP contribution < -0.4 is 4.74 Å². The van der Waals surface area contributed by atoms with Crippen molar-refractivity contribution < 1.29 is 9.53 Å². The Kier molecular flexibility index (Phi) is 3.62. The topological polar surface area (TPSA) is 26.3 Å². The van der Waals surface area contributed by atoms with Crippen molar-refractivity contribution in [2.75, 3.05) is 0 Å². The van der Waals surface area contributed by atoms with E-state index >= 15 is 0 Å². The lowest BCUT2D eigenvalue weighted by atomic mass is 10.0. The number of benzene rings is 2. The number of rotatable bonds is 4. The van der Waals surface area contributed by atoms with Crippen molar-refractivity contribution in [1.29, 1.82) is 0 Å². The van der Waals surface area contributed by atoms with Crippen molar-refractivity contribution in [3.8, 4) is 5.75 Å². The predicted molar refractivity (Wildman–Crippen MR) is 82.4 cm³/mol. The van der Waals surface area contributed by atoms with E-state index < -0.39 is 0 Å². The van der Waals surface area contributed by atoms with E-state index in [1.165, 1.54) is 0 Å². The highest BCUT2D eigenvalue weighted by atomic mass is 79.9. The number of hydrogen-bond donors (Lipinski definition) is 0. The lowest BCUT2D eigenvalue weighted by Crippen LogP contribution is -2.03. The molecule has 1 fully saturated rings. The summed E-state index contributed by atoms with van der Waals surface area (Å²) in [5.41, 5.74) is 2.47. The maximum atomic E-state index is 12.5. The Morgan fingerprint density at radius 3 is 2.60 bits per heavy atom. The maximum Gasteiger partial charge on any atom is 0.193 e. The van der Waals surface area contributed by atoms with Crippen LogP contribution in [-0.2, 0) is 0 Å². The first-order valence-corrected chi connectivity index (χ1v) is 7.50. The van der Waals surface area contributed by atoms with E-state index in [1.807, 2.05) is 49.4 Å². The van der Waals surface area contributed by atoms with Crippen LogP contribution in [0, 0.1) is 6.92 Å². The van der Waals surface area contributed by atoms with Gasteiger partial charge in [-0.1, -0.05) is 40.2 Å². The van der Waals surface area contributed by atoms with Gasteiger partial charge in [0, 0.05) is 15.6 Å². The lowest BCUT2D eigenvalue weighted by molar-refractivity contribution is 0.103. The molecule has 1 saturated carbocycles.